The molecule has 0 spiro atoms. The van der Waals surface area contributed by atoms with Crippen molar-refractivity contribution < 1.29 is 9.53 Å². The van der Waals surface area contributed by atoms with Gasteiger partial charge in [-0.2, -0.15) is 0 Å². The van der Waals surface area contributed by atoms with Gasteiger partial charge in [0.25, 0.3) is 5.91 Å². The molecule has 2 heterocycles. The number of hydrogen-bond donors (Lipinski definition) is 1. The highest BCUT2D eigenvalue weighted by atomic mass is 16.5. The molecule has 0 atom stereocenters. The average molecular weight is 341 g/mol. The van der Waals surface area contributed by atoms with Crippen molar-refractivity contribution in [1.29, 1.82) is 0 Å². The van der Waals surface area contributed by atoms with Crippen LogP contribution in [0.3, 0.4) is 0 Å². The highest BCUT2D eigenvalue weighted by Crippen LogP contribution is 2.16. The molecule has 1 saturated heterocycles. The Morgan fingerprint density at radius 3 is 2.40 bits per heavy atom. The Bertz CT molecular complexity index is 694. The lowest BCUT2D eigenvalue weighted by Gasteiger charge is -2.34. The molecule has 1 aliphatic rings. The van der Waals surface area contributed by atoms with Crippen molar-refractivity contribution in [1.82, 2.24) is 14.9 Å². The van der Waals surface area contributed by atoms with Crippen molar-refractivity contribution in [3.05, 3.63) is 42.4 Å². The first kappa shape index (κ1) is 17.2. The van der Waals surface area contributed by atoms with Gasteiger partial charge in [-0.15, -0.1) is 0 Å². The first-order chi connectivity index (χ1) is 12.2. The molecule has 1 aromatic heterocycles. The molecule has 1 aromatic carbocycles. The molecule has 2 aromatic rings. The van der Waals surface area contributed by atoms with E-state index in [-0.39, 0.29) is 5.91 Å². The number of amides is 1. The standard InChI is InChI=1S/C18H23N5O2/c1-3-22-8-10-23(11-9-22)17-13-19-16(12-20-17)18(24)21-14-4-6-15(25-2)7-5-14/h4-7,12-13H,3,8-11H2,1-2H3,(H,21,24). The van der Waals surface area contributed by atoms with Crippen LogP contribution < -0.4 is 15.0 Å². The number of benzene rings is 1. The van der Waals surface area contributed by atoms with E-state index in [1.807, 2.05) is 0 Å². The molecule has 0 bridgehead atoms. The number of piperazine rings is 1. The topological polar surface area (TPSA) is 70.6 Å². The number of nitrogens with one attached hydrogen (secondary N) is 1. The van der Waals surface area contributed by atoms with E-state index in [0.717, 1.165) is 44.3 Å². The monoisotopic (exact) mass is 341 g/mol. The summed E-state index contributed by atoms with van der Waals surface area (Å²) in [5.74, 6) is 1.28. The maximum absolute atomic E-state index is 12.3. The van der Waals surface area contributed by atoms with E-state index in [1.54, 1.807) is 37.6 Å². The molecular formula is C18H23N5O2. The summed E-state index contributed by atoms with van der Waals surface area (Å²) in [6, 6.07) is 7.15. The molecule has 1 aliphatic heterocycles. The summed E-state index contributed by atoms with van der Waals surface area (Å²) in [4.78, 5) is 25.6. The number of carbonyl (C=O) groups is 1. The van der Waals surface area contributed by atoms with E-state index >= 15 is 0 Å². The molecule has 0 saturated carbocycles. The van der Waals surface area contributed by atoms with E-state index in [9.17, 15) is 4.79 Å². The second-order valence-electron chi connectivity index (χ2n) is 5.86. The van der Waals surface area contributed by atoms with Gasteiger partial charge >= 0.3 is 0 Å². The Kier molecular flexibility index (Phi) is 5.45. The third kappa shape index (κ3) is 4.24. The predicted octanol–water partition coefficient (Wildman–Crippen LogP) is 1.88. The third-order valence-electron chi connectivity index (χ3n) is 4.36. The Morgan fingerprint density at radius 1 is 1.12 bits per heavy atom. The van der Waals surface area contributed by atoms with Crippen LogP contribution in [0.5, 0.6) is 5.75 Å². The zero-order valence-corrected chi connectivity index (χ0v) is 14.6. The Balaban J connectivity index is 1.60. The smallest absolute Gasteiger partial charge is 0.275 e. The first-order valence-electron chi connectivity index (χ1n) is 8.44. The number of hydrogen-bond acceptors (Lipinski definition) is 6. The summed E-state index contributed by atoms with van der Waals surface area (Å²) in [6.07, 6.45) is 3.20. The van der Waals surface area contributed by atoms with Crippen molar-refractivity contribution in [2.45, 2.75) is 6.92 Å². The van der Waals surface area contributed by atoms with Gasteiger partial charge in [-0.3, -0.25) is 4.79 Å². The van der Waals surface area contributed by atoms with E-state index in [2.05, 4.69) is 32.0 Å². The fourth-order valence-corrected chi connectivity index (χ4v) is 2.76. The SMILES string of the molecule is CCN1CCN(c2cnc(C(=O)Nc3ccc(OC)cc3)cn2)CC1. The van der Waals surface area contributed by atoms with Gasteiger partial charge in [-0.1, -0.05) is 6.92 Å². The number of ether oxygens (including phenoxy) is 1. The lowest BCUT2D eigenvalue weighted by molar-refractivity contribution is 0.102. The molecule has 25 heavy (non-hydrogen) atoms. The lowest BCUT2D eigenvalue weighted by Crippen LogP contribution is -2.46. The van der Waals surface area contributed by atoms with Crippen molar-refractivity contribution in [3.8, 4) is 5.75 Å². The minimum atomic E-state index is -0.278. The summed E-state index contributed by atoms with van der Waals surface area (Å²) < 4.78 is 5.10. The predicted molar refractivity (Wildman–Crippen MR) is 97.3 cm³/mol. The molecule has 7 heteroatoms. The maximum atomic E-state index is 12.3. The first-order valence-corrected chi connectivity index (χ1v) is 8.44. The number of rotatable bonds is 5. The van der Waals surface area contributed by atoms with Crippen molar-refractivity contribution in [2.24, 2.45) is 0 Å². The molecule has 132 valence electrons. The molecule has 3 rings (SSSR count). The van der Waals surface area contributed by atoms with Crippen LogP contribution in [0, 0.1) is 0 Å². The van der Waals surface area contributed by atoms with Crippen molar-refractivity contribution in [3.63, 3.8) is 0 Å². The van der Waals surface area contributed by atoms with Crippen LogP contribution in [0.1, 0.15) is 17.4 Å². The minimum absolute atomic E-state index is 0.278. The van der Waals surface area contributed by atoms with Crippen molar-refractivity contribution >= 4 is 17.4 Å². The summed E-state index contributed by atoms with van der Waals surface area (Å²) in [7, 11) is 1.60. The van der Waals surface area contributed by atoms with Crippen LogP contribution in [0.4, 0.5) is 11.5 Å². The van der Waals surface area contributed by atoms with E-state index in [1.165, 1.54) is 6.20 Å². The number of aromatic nitrogens is 2. The zero-order chi connectivity index (χ0) is 17.6. The Labute approximate surface area is 147 Å². The average Bonchev–Trinajstić information content (AvgIpc) is 2.69. The summed E-state index contributed by atoms with van der Waals surface area (Å²) in [6.45, 7) is 7.16. The molecule has 0 radical (unpaired) electrons. The number of likely N-dealkylation sites (N-methyl/N-ethyl adjacent to an activating group) is 1. The van der Waals surface area contributed by atoms with Gasteiger partial charge in [-0.05, 0) is 30.8 Å². The van der Waals surface area contributed by atoms with Crippen LogP contribution in [-0.2, 0) is 0 Å². The zero-order valence-electron chi connectivity index (χ0n) is 14.6. The fourth-order valence-electron chi connectivity index (χ4n) is 2.76. The summed E-state index contributed by atoms with van der Waals surface area (Å²) in [5, 5.41) is 2.80. The summed E-state index contributed by atoms with van der Waals surface area (Å²) >= 11 is 0. The van der Waals surface area contributed by atoms with Gasteiger partial charge in [0.2, 0.25) is 0 Å². The fraction of sp³-hybridized carbons (Fsp3) is 0.389. The summed E-state index contributed by atoms with van der Waals surface area (Å²) in [5.41, 5.74) is 0.985. The number of methoxy groups -OCH3 is 1. The van der Waals surface area contributed by atoms with Crippen LogP contribution in [0.2, 0.25) is 0 Å². The number of carbonyl (C=O) groups excluding carboxylic acids is 1. The van der Waals surface area contributed by atoms with E-state index in [0.29, 0.717) is 11.4 Å². The lowest BCUT2D eigenvalue weighted by atomic mass is 10.3. The van der Waals surface area contributed by atoms with Gasteiger partial charge in [0, 0.05) is 31.9 Å². The highest BCUT2D eigenvalue weighted by Gasteiger charge is 2.17. The second kappa shape index (κ2) is 7.94. The third-order valence-corrected chi connectivity index (χ3v) is 4.36. The van der Waals surface area contributed by atoms with E-state index in [4.69, 9.17) is 4.74 Å². The van der Waals surface area contributed by atoms with E-state index < -0.39 is 0 Å². The maximum Gasteiger partial charge on any atom is 0.275 e. The largest absolute Gasteiger partial charge is 0.497 e. The molecule has 0 unspecified atom stereocenters. The normalized spacial score (nSPS) is 15.0. The quantitative estimate of drug-likeness (QED) is 0.895. The molecule has 7 nitrogen and oxygen atoms in total. The van der Waals surface area contributed by atoms with Crippen LogP contribution in [0.25, 0.3) is 0 Å². The number of anilines is 2. The Hall–Kier alpha value is -2.67. The van der Waals surface area contributed by atoms with Crippen LogP contribution in [0.15, 0.2) is 36.7 Å². The molecule has 1 amide bonds. The van der Waals surface area contributed by atoms with Crippen LogP contribution >= 0.6 is 0 Å². The molecule has 0 aliphatic carbocycles. The number of nitrogens with zero attached hydrogens (tertiary/aromatic N) is 4. The molecule has 1 N–H and O–H groups in total. The van der Waals surface area contributed by atoms with Crippen molar-refractivity contribution in [2.75, 3.05) is 50.1 Å². The molecular weight excluding hydrogens is 318 g/mol. The van der Waals surface area contributed by atoms with Crippen LogP contribution in [-0.4, -0.2) is 60.6 Å². The molecule has 1 fully saturated rings. The highest BCUT2D eigenvalue weighted by molar-refractivity contribution is 6.02. The van der Waals surface area contributed by atoms with Gasteiger partial charge in [0.15, 0.2) is 0 Å². The minimum Gasteiger partial charge on any atom is -0.497 e. The Morgan fingerprint density at radius 2 is 1.84 bits per heavy atom. The van der Waals surface area contributed by atoms with Gasteiger partial charge in [-0.25, -0.2) is 9.97 Å². The van der Waals surface area contributed by atoms with Gasteiger partial charge in [0.05, 0.1) is 19.5 Å². The second-order valence-corrected chi connectivity index (χ2v) is 5.86. The van der Waals surface area contributed by atoms with Gasteiger partial charge in [0.1, 0.15) is 17.3 Å². The van der Waals surface area contributed by atoms with Gasteiger partial charge < -0.3 is 19.9 Å².